The molecule has 0 saturated carbocycles. The fourth-order valence-electron chi connectivity index (χ4n) is 2.75. The van der Waals surface area contributed by atoms with Gasteiger partial charge in [-0.1, -0.05) is 18.2 Å². The lowest BCUT2D eigenvalue weighted by Crippen LogP contribution is -2.22. The summed E-state index contributed by atoms with van der Waals surface area (Å²) in [5.41, 5.74) is 4.94. The Labute approximate surface area is 133 Å². The normalized spacial score (nSPS) is 15.3. The lowest BCUT2D eigenvalue weighted by atomic mass is 9.96. The highest BCUT2D eigenvalue weighted by molar-refractivity contribution is 6.70. The van der Waals surface area contributed by atoms with Crippen LogP contribution in [-0.2, 0) is 11.3 Å². The topological polar surface area (TPSA) is 67.6 Å². The van der Waals surface area contributed by atoms with Gasteiger partial charge in [-0.05, 0) is 24.1 Å². The summed E-state index contributed by atoms with van der Waals surface area (Å²) in [6.45, 7) is 2.40. The first-order valence-electron chi connectivity index (χ1n) is 7.45. The molecule has 0 fully saturated rings. The van der Waals surface area contributed by atoms with Crippen LogP contribution in [0, 0.1) is 6.92 Å². The van der Waals surface area contributed by atoms with Gasteiger partial charge in [0, 0.05) is 36.1 Å². The zero-order valence-electron chi connectivity index (χ0n) is 12.7. The van der Waals surface area contributed by atoms with E-state index in [1.54, 1.807) is 18.6 Å². The van der Waals surface area contributed by atoms with Gasteiger partial charge in [0.25, 0.3) is 0 Å². The number of fused-ring (bicyclic) bond motifs is 1. The Morgan fingerprint density at radius 1 is 1.13 bits per heavy atom. The van der Waals surface area contributed by atoms with Crippen molar-refractivity contribution in [1.82, 2.24) is 9.97 Å². The lowest BCUT2D eigenvalue weighted by molar-refractivity contribution is -0.107. The van der Waals surface area contributed by atoms with Crippen LogP contribution >= 0.6 is 0 Å². The van der Waals surface area contributed by atoms with Crippen LogP contribution in [0.2, 0.25) is 0 Å². The van der Waals surface area contributed by atoms with Crippen LogP contribution in [0.3, 0.4) is 0 Å². The van der Waals surface area contributed by atoms with Gasteiger partial charge in [-0.3, -0.25) is 14.8 Å². The van der Waals surface area contributed by atoms with Crippen LogP contribution < -0.4 is 0 Å². The predicted molar refractivity (Wildman–Crippen MR) is 88.6 cm³/mol. The molecule has 0 N–H and O–H groups in total. The number of hydrogen-bond acceptors (Lipinski definition) is 5. The minimum absolute atomic E-state index is 0.0777. The van der Waals surface area contributed by atoms with Crippen molar-refractivity contribution in [2.24, 2.45) is 9.98 Å². The second-order valence-corrected chi connectivity index (χ2v) is 5.55. The molecule has 112 valence electrons. The summed E-state index contributed by atoms with van der Waals surface area (Å²) in [5.74, 6) is 0.658. The van der Waals surface area contributed by atoms with E-state index in [-0.39, 0.29) is 5.78 Å². The third-order valence-electron chi connectivity index (χ3n) is 4.01. The van der Waals surface area contributed by atoms with Crippen molar-refractivity contribution in [3.05, 3.63) is 59.8 Å². The van der Waals surface area contributed by atoms with Crippen LogP contribution in [-0.4, -0.2) is 27.2 Å². The van der Waals surface area contributed by atoms with Crippen molar-refractivity contribution < 1.29 is 4.79 Å². The molecule has 23 heavy (non-hydrogen) atoms. The van der Waals surface area contributed by atoms with Crippen molar-refractivity contribution >= 4 is 17.2 Å². The van der Waals surface area contributed by atoms with Crippen molar-refractivity contribution in [1.29, 1.82) is 0 Å². The van der Waals surface area contributed by atoms with E-state index in [1.807, 2.05) is 31.2 Å². The fraction of sp³-hybridized carbons (Fsp3) is 0.167. The summed E-state index contributed by atoms with van der Waals surface area (Å²) >= 11 is 0. The molecule has 2 aliphatic heterocycles. The number of Topliss-reactive ketones (excluding diaryl/α,β-unsaturated/α-hetero) is 1. The number of nitrogens with zero attached hydrogens (tertiary/aromatic N) is 4. The molecule has 2 aromatic rings. The second-order valence-electron chi connectivity index (χ2n) is 5.55. The first-order chi connectivity index (χ1) is 11.2. The zero-order valence-corrected chi connectivity index (χ0v) is 12.7. The van der Waals surface area contributed by atoms with E-state index in [1.165, 1.54) is 0 Å². The van der Waals surface area contributed by atoms with Crippen molar-refractivity contribution in [2.45, 2.75) is 19.9 Å². The number of aryl methyl sites for hydroxylation is 1. The summed E-state index contributed by atoms with van der Waals surface area (Å²) in [6, 6.07) is 6.03. The van der Waals surface area contributed by atoms with E-state index in [9.17, 15) is 4.79 Å². The van der Waals surface area contributed by atoms with Crippen LogP contribution in [0.4, 0.5) is 0 Å². The fourth-order valence-corrected chi connectivity index (χ4v) is 2.75. The number of hydrogen-bond donors (Lipinski definition) is 0. The molecule has 3 heterocycles. The number of carbonyl (C=O) groups is 1. The van der Waals surface area contributed by atoms with Gasteiger partial charge in [0.1, 0.15) is 11.5 Å². The van der Waals surface area contributed by atoms with Gasteiger partial charge in [0.15, 0.2) is 0 Å². The maximum atomic E-state index is 12.6. The van der Waals surface area contributed by atoms with Crippen LogP contribution in [0.15, 0.2) is 52.9 Å². The van der Waals surface area contributed by atoms with E-state index >= 15 is 0 Å². The molecule has 0 saturated heterocycles. The third-order valence-corrected chi connectivity index (χ3v) is 4.01. The SMILES string of the molecule is Cc1ncc(-c2ccc3c(c2)C(C(=O)C2=NC=CC2)=NC3)cn1. The Hall–Kier alpha value is -2.95. The molecule has 0 radical (unpaired) electrons. The summed E-state index contributed by atoms with van der Waals surface area (Å²) < 4.78 is 0. The molecule has 0 bridgehead atoms. The van der Waals surface area contributed by atoms with Gasteiger partial charge < -0.3 is 0 Å². The van der Waals surface area contributed by atoms with Crippen molar-refractivity contribution in [2.75, 3.05) is 0 Å². The smallest absolute Gasteiger partial charge is 0.225 e. The quantitative estimate of drug-likeness (QED) is 0.875. The first kappa shape index (κ1) is 13.7. The number of aromatic nitrogens is 2. The van der Waals surface area contributed by atoms with E-state index in [0.29, 0.717) is 24.4 Å². The van der Waals surface area contributed by atoms with Gasteiger partial charge in [-0.25, -0.2) is 9.97 Å². The first-order valence-corrected chi connectivity index (χ1v) is 7.45. The van der Waals surface area contributed by atoms with Gasteiger partial charge >= 0.3 is 0 Å². The summed E-state index contributed by atoms with van der Waals surface area (Å²) in [6.07, 6.45) is 7.72. The molecule has 2 aliphatic rings. The van der Waals surface area contributed by atoms with E-state index in [4.69, 9.17) is 0 Å². The lowest BCUT2D eigenvalue weighted by Gasteiger charge is -2.07. The Morgan fingerprint density at radius 3 is 2.70 bits per heavy atom. The maximum absolute atomic E-state index is 12.6. The number of carbonyl (C=O) groups excluding carboxylic acids is 1. The number of aliphatic imine (C=N–C) groups is 2. The molecule has 0 atom stereocenters. The zero-order chi connectivity index (χ0) is 15.8. The molecular formula is C18H14N4O. The standard InChI is InChI=1S/C18H14N4O/c1-11-20-9-14(10-21-11)12-4-5-13-8-22-17(15(13)7-12)18(23)16-3-2-6-19-16/h2,4-7,9-10H,3,8H2,1H3. The van der Waals surface area contributed by atoms with Crippen LogP contribution in [0.5, 0.6) is 0 Å². The summed E-state index contributed by atoms with van der Waals surface area (Å²) in [5, 5.41) is 0. The highest BCUT2D eigenvalue weighted by atomic mass is 16.1. The number of benzene rings is 1. The molecule has 0 spiro atoms. The highest BCUT2D eigenvalue weighted by Crippen LogP contribution is 2.27. The Morgan fingerprint density at radius 2 is 1.96 bits per heavy atom. The average Bonchev–Trinajstić information content (AvgIpc) is 3.24. The third kappa shape index (κ3) is 2.40. The second kappa shape index (κ2) is 5.35. The number of rotatable bonds is 3. The van der Waals surface area contributed by atoms with Crippen LogP contribution in [0.25, 0.3) is 11.1 Å². The molecular weight excluding hydrogens is 288 g/mol. The average molecular weight is 302 g/mol. The highest BCUT2D eigenvalue weighted by Gasteiger charge is 2.26. The van der Waals surface area contributed by atoms with Gasteiger partial charge in [-0.15, -0.1) is 0 Å². The van der Waals surface area contributed by atoms with E-state index < -0.39 is 0 Å². The minimum Gasteiger partial charge on any atom is -0.285 e. The molecule has 5 heteroatoms. The molecule has 0 unspecified atom stereocenters. The Balaban J connectivity index is 1.71. The number of allylic oxidation sites excluding steroid dienone is 1. The number of ketones is 1. The molecule has 4 rings (SSSR count). The van der Waals surface area contributed by atoms with E-state index in [0.717, 1.165) is 28.1 Å². The van der Waals surface area contributed by atoms with Gasteiger partial charge in [-0.2, -0.15) is 0 Å². The largest absolute Gasteiger partial charge is 0.285 e. The molecule has 0 aliphatic carbocycles. The summed E-state index contributed by atoms with van der Waals surface area (Å²) in [4.78, 5) is 29.6. The van der Waals surface area contributed by atoms with Crippen LogP contribution in [0.1, 0.15) is 23.4 Å². The summed E-state index contributed by atoms with van der Waals surface area (Å²) in [7, 11) is 0. The molecule has 1 aromatic carbocycles. The Kier molecular flexibility index (Phi) is 3.19. The van der Waals surface area contributed by atoms with Crippen molar-refractivity contribution in [3.8, 4) is 11.1 Å². The predicted octanol–water partition coefficient (Wildman–Crippen LogP) is 2.68. The Bertz CT molecular complexity index is 892. The minimum atomic E-state index is -0.0777. The maximum Gasteiger partial charge on any atom is 0.225 e. The molecule has 1 aromatic heterocycles. The van der Waals surface area contributed by atoms with Gasteiger partial charge in [0.05, 0.1) is 12.3 Å². The van der Waals surface area contributed by atoms with Crippen molar-refractivity contribution in [3.63, 3.8) is 0 Å². The monoisotopic (exact) mass is 302 g/mol. The van der Waals surface area contributed by atoms with Gasteiger partial charge in [0.2, 0.25) is 5.78 Å². The molecule has 0 amide bonds. The van der Waals surface area contributed by atoms with E-state index in [2.05, 4.69) is 20.0 Å². The molecule has 5 nitrogen and oxygen atoms in total.